The van der Waals surface area contributed by atoms with E-state index in [9.17, 15) is 19.2 Å². The molecule has 5 heterocycles. The molecule has 11 nitrogen and oxygen atoms in total. The number of amides is 4. The van der Waals surface area contributed by atoms with E-state index in [-0.39, 0.29) is 24.0 Å². The van der Waals surface area contributed by atoms with Crippen LogP contribution in [0.5, 0.6) is 0 Å². The lowest BCUT2D eigenvalue weighted by Crippen LogP contribution is -2.54. The van der Waals surface area contributed by atoms with Crippen molar-refractivity contribution in [1.82, 2.24) is 30.0 Å². The minimum Gasteiger partial charge on any atom is -0.385 e. The normalized spacial score (nSPS) is 23.3. The minimum absolute atomic E-state index is 0.0955. The molecule has 216 valence electrons. The molecule has 2 aliphatic heterocycles. The lowest BCUT2D eigenvalue weighted by atomic mass is 9.80. The van der Waals surface area contributed by atoms with Crippen LogP contribution in [0, 0.1) is 5.92 Å². The second-order valence-electron chi connectivity index (χ2n) is 12.0. The maximum Gasteiger partial charge on any atom is 0.262 e. The highest BCUT2D eigenvalue weighted by atomic mass is 16.2. The van der Waals surface area contributed by atoms with Gasteiger partial charge in [-0.05, 0) is 73.7 Å². The molecule has 3 fully saturated rings. The number of pyridine rings is 2. The molecule has 11 heteroatoms. The van der Waals surface area contributed by atoms with Crippen molar-refractivity contribution in [1.29, 1.82) is 0 Å². The molecule has 1 unspecified atom stereocenters. The van der Waals surface area contributed by atoms with E-state index in [0.29, 0.717) is 17.9 Å². The highest BCUT2D eigenvalue weighted by molar-refractivity contribution is 6.23. The van der Waals surface area contributed by atoms with Crippen molar-refractivity contribution in [3.63, 3.8) is 0 Å². The lowest BCUT2D eigenvalue weighted by molar-refractivity contribution is -0.136. The van der Waals surface area contributed by atoms with Gasteiger partial charge in [-0.25, -0.2) is 0 Å². The van der Waals surface area contributed by atoms with E-state index in [1.54, 1.807) is 24.4 Å². The Hall–Kier alpha value is -4.93. The number of nitrogens with zero attached hydrogens (tertiary/aromatic N) is 5. The van der Waals surface area contributed by atoms with Gasteiger partial charge in [0.2, 0.25) is 11.8 Å². The Balaban J connectivity index is 0.935. The standard InChI is InChI=1S/C32H29N7O4/c40-27-6-5-26(30(41)36-27)39-31(42)22-4-3-20(13-23(22)32(39)43)35-14-17-11-21(12-17)38-16-25(28(37-38)19-1-2-19)29-24-15-33-9-7-18(24)8-10-34-29/h3-4,7-10,13,15-17,19,21,26,35H,1-2,5-6,11-12,14H2,(H,36,40,41). The monoisotopic (exact) mass is 575 g/mol. The number of anilines is 1. The van der Waals surface area contributed by atoms with Gasteiger partial charge in [-0.1, -0.05) is 0 Å². The molecule has 0 bridgehead atoms. The molecule has 4 amide bonds. The molecule has 1 aromatic carbocycles. The van der Waals surface area contributed by atoms with Crippen molar-refractivity contribution in [2.75, 3.05) is 11.9 Å². The fourth-order valence-electron chi connectivity index (χ4n) is 6.58. The summed E-state index contributed by atoms with van der Waals surface area (Å²) < 4.78 is 2.12. The molecule has 2 N–H and O–H groups in total. The van der Waals surface area contributed by atoms with E-state index in [1.807, 2.05) is 24.5 Å². The number of imide groups is 2. The van der Waals surface area contributed by atoms with Gasteiger partial charge in [0, 0.05) is 60.3 Å². The van der Waals surface area contributed by atoms with Crippen LogP contribution in [0.25, 0.3) is 22.0 Å². The molecule has 0 radical (unpaired) electrons. The Morgan fingerprint density at radius 2 is 1.74 bits per heavy atom. The van der Waals surface area contributed by atoms with Crippen LogP contribution in [0.15, 0.2) is 55.1 Å². The molecule has 8 rings (SSSR count). The Morgan fingerprint density at radius 1 is 0.930 bits per heavy atom. The molecule has 2 saturated carbocycles. The zero-order valence-corrected chi connectivity index (χ0v) is 23.3. The van der Waals surface area contributed by atoms with Crippen molar-refractivity contribution in [3.8, 4) is 11.3 Å². The Bertz CT molecular complexity index is 1830. The van der Waals surface area contributed by atoms with Crippen LogP contribution in [0.4, 0.5) is 5.69 Å². The van der Waals surface area contributed by atoms with Crippen LogP contribution in [0.1, 0.15) is 76.9 Å². The maximum absolute atomic E-state index is 13.1. The average molecular weight is 576 g/mol. The van der Waals surface area contributed by atoms with Gasteiger partial charge in [0.15, 0.2) is 0 Å². The SMILES string of the molecule is O=C1CCC(N2C(=O)c3ccc(NCC4CC(n5cc(-c6nccc7ccncc67)c(C6CC6)n5)C4)cc3C2=O)C(=O)N1. The quantitative estimate of drug-likeness (QED) is 0.317. The van der Waals surface area contributed by atoms with Crippen molar-refractivity contribution in [2.24, 2.45) is 5.92 Å². The summed E-state index contributed by atoms with van der Waals surface area (Å²) in [5.41, 5.74) is 4.49. The van der Waals surface area contributed by atoms with E-state index in [4.69, 9.17) is 10.1 Å². The molecule has 43 heavy (non-hydrogen) atoms. The number of benzene rings is 1. The van der Waals surface area contributed by atoms with Gasteiger partial charge in [0.1, 0.15) is 6.04 Å². The zero-order chi connectivity index (χ0) is 29.2. The summed E-state index contributed by atoms with van der Waals surface area (Å²) in [6.07, 6.45) is 12.2. The van der Waals surface area contributed by atoms with Crippen LogP contribution >= 0.6 is 0 Å². The number of hydrogen-bond donors (Lipinski definition) is 2. The lowest BCUT2D eigenvalue weighted by Gasteiger charge is -2.35. The summed E-state index contributed by atoms with van der Waals surface area (Å²) in [5.74, 6) is -1.07. The van der Waals surface area contributed by atoms with Crippen molar-refractivity contribution in [2.45, 2.75) is 56.5 Å². The maximum atomic E-state index is 13.1. The second-order valence-corrected chi connectivity index (χ2v) is 12.0. The largest absolute Gasteiger partial charge is 0.385 e. The Morgan fingerprint density at radius 3 is 2.56 bits per heavy atom. The van der Waals surface area contributed by atoms with Gasteiger partial charge in [-0.15, -0.1) is 0 Å². The Kier molecular flexibility index (Phi) is 5.88. The van der Waals surface area contributed by atoms with Crippen LogP contribution in [0.2, 0.25) is 0 Å². The van der Waals surface area contributed by atoms with Gasteiger partial charge in [-0.2, -0.15) is 5.10 Å². The van der Waals surface area contributed by atoms with Crippen molar-refractivity contribution < 1.29 is 19.2 Å². The first kappa shape index (κ1) is 25.8. The summed E-state index contributed by atoms with van der Waals surface area (Å²) in [6, 6.07) is 8.47. The summed E-state index contributed by atoms with van der Waals surface area (Å²) in [4.78, 5) is 60.0. The Labute approximate surface area is 246 Å². The highest BCUT2D eigenvalue weighted by Gasteiger charge is 2.44. The van der Waals surface area contributed by atoms with Gasteiger partial charge < -0.3 is 5.32 Å². The second kappa shape index (κ2) is 9.82. The first-order valence-electron chi connectivity index (χ1n) is 14.8. The number of aromatic nitrogens is 4. The first-order chi connectivity index (χ1) is 20.9. The topological polar surface area (TPSA) is 139 Å². The van der Waals surface area contributed by atoms with Crippen molar-refractivity contribution in [3.05, 3.63) is 71.9 Å². The summed E-state index contributed by atoms with van der Waals surface area (Å²) in [7, 11) is 0. The van der Waals surface area contributed by atoms with Gasteiger partial charge in [0.05, 0.1) is 28.6 Å². The third-order valence-corrected chi connectivity index (χ3v) is 9.17. The van der Waals surface area contributed by atoms with Crippen LogP contribution in [-0.4, -0.2) is 60.9 Å². The van der Waals surface area contributed by atoms with Gasteiger partial charge >= 0.3 is 0 Å². The van der Waals surface area contributed by atoms with E-state index in [0.717, 1.165) is 70.5 Å². The van der Waals surface area contributed by atoms with E-state index < -0.39 is 29.7 Å². The van der Waals surface area contributed by atoms with E-state index in [2.05, 4.69) is 26.5 Å². The van der Waals surface area contributed by atoms with Crippen molar-refractivity contribution >= 4 is 40.1 Å². The zero-order valence-electron chi connectivity index (χ0n) is 23.3. The smallest absolute Gasteiger partial charge is 0.262 e. The third-order valence-electron chi connectivity index (χ3n) is 9.17. The third kappa shape index (κ3) is 4.38. The molecule has 1 atom stereocenters. The molecule has 2 aliphatic carbocycles. The molecule has 0 spiro atoms. The number of carbonyl (C=O) groups excluding carboxylic acids is 4. The summed E-state index contributed by atoms with van der Waals surface area (Å²) >= 11 is 0. The summed E-state index contributed by atoms with van der Waals surface area (Å²) in [5, 5.41) is 12.9. The fraction of sp³-hybridized carbons (Fsp3) is 0.344. The number of hydrogen-bond acceptors (Lipinski definition) is 8. The minimum atomic E-state index is -0.968. The number of nitrogens with one attached hydrogen (secondary N) is 2. The molecular formula is C32H29N7O4. The fourth-order valence-corrected chi connectivity index (χ4v) is 6.58. The van der Waals surface area contributed by atoms with E-state index >= 15 is 0 Å². The number of fused-ring (bicyclic) bond motifs is 2. The van der Waals surface area contributed by atoms with Crippen LogP contribution < -0.4 is 10.6 Å². The number of rotatable bonds is 7. The number of carbonyl (C=O) groups is 4. The molecule has 3 aromatic heterocycles. The van der Waals surface area contributed by atoms with Crippen LogP contribution in [-0.2, 0) is 9.59 Å². The van der Waals surface area contributed by atoms with Crippen LogP contribution in [0.3, 0.4) is 0 Å². The summed E-state index contributed by atoms with van der Waals surface area (Å²) in [6.45, 7) is 0.731. The number of piperidine rings is 1. The first-order valence-corrected chi connectivity index (χ1v) is 14.8. The average Bonchev–Trinajstić information content (AvgIpc) is 3.70. The molecule has 4 aromatic rings. The predicted molar refractivity (Wildman–Crippen MR) is 156 cm³/mol. The predicted octanol–water partition coefficient (Wildman–Crippen LogP) is 3.84. The van der Waals surface area contributed by atoms with Gasteiger partial charge in [-0.3, -0.25) is 44.0 Å². The molecule has 1 saturated heterocycles. The molecular weight excluding hydrogens is 546 g/mol. The van der Waals surface area contributed by atoms with E-state index in [1.165, 1.54) is 0 Å². The highest BCUT2D eigenvalue weighted by Crippen LogP contribution is 2.46. The van der Waals surface area contributed by atoms with Gasteiger partial charge in [0.25, 0.3) is 11.8 Å². The molecule has 4 aliphatic rings.